The van der Waals surface area contributed by atoms with Crippen molar-refractivity contribution in [3.05, 3.63) is 71.8 Å². The third-order valence-electron chi connectivity index (χ3n) is 6.11. The van der Waals surface area contributed by atoms with Crippen molar-refractivity contribution in [2.75, 3.05) is 26.2 Å². The molecular formula is C28H33FN4O7. The Morgan fingerprint density at radius 3 is 2.23 bits per heavy atom. The lowest BCUT2D eigenvalue weighted by atomic mass is 10.0. The summed E-state index contributed by atoms with van der Waals surface area (Å²) >= 11 is 0. The summed E-state index contributed by atoms with van der Waals surface area (Å²) in [6, 6.07) is 15.2. The van der Waals surface area contributed by atoms with Gasteiger partial charge >= 0.3 is 12.1 Å². The highest BCUT2D eigenvalue weighted by atomic mass is 19.1. The van der Waals surface area contributed by atoms with Crippen LogP contribution in [0, 0.1) is 0 Å². The van der Waals surface area contributed by atoms with E-state index >= 15 is 0 Å². The van der Waals surface area contributed by atoms with E-state index in [9.17, 15) is 28.4 Å². The Morgan fingerprint density at radius 1 is 0.925 bits per heavy atom. The van der Waals surface area contributed by atoms with Gasteiger partial charge in [0.2, 0.25) is 17.7 Å². The Hall–Kier alpha value is -4.48. The van der Waals surface area contributed by atoms with Crippen molar-refractivity contribution < 1.29 is 37.8 Å². The van der Waals surface area contributed by atoms with E-state index in [4.69, 9.17) is 9.47 Å². The van der Waals surface area contributed by atoms with Gasteiger partial charge in [0.25, 0.3) is 0 Å². The molecule has 0 bridgehead atoms. The van der Waals surface area contributed by atoms with Gasteiger partial charge in [-0.25, -0.2) is 9.18 Å². The number of nitrogens with one attached hydrogen (secondary N) is 3. The Balaban J connectivity index is 1.63. The number of nitrogens with zero attached hydrogens (tertiary/aromatic N) is 1. The van der Waals surface area contributed by atoms with Gasteiger partial charge < -0.3 is 30.3 Å². The minimum atomic E-state index is -1.65. The minimum absolute atomic E-state index is 0.0163. The van der Waals surface area contributed by atoms with Crippen LogP contribution in [-0.2, 0) is 41.7 Å². The van der Waals surface area contributed by atoms with Crippen molar-refractivity contribution in [2.24, 2.45) is 0 Å². The number of amides is 4. The van der Waals surface area contributed by atoms with Crippen LogP contribution in [0.5, 0.6) is 0 Å². The number of benzene rings is 2. The number of alkyl halides is 1. The van der Waals surface area contributed by atoms with Crippen molar-refractivity contribution >= 4 is 29.8 Å². The lowest BCUT2D eigenvalue weighted by Crippen LogP contribution is -2.57. The molecule has 12 heteroatoms. The number of hydrogen-bond donors (Lipinski definition) is 3. The Bertz CT molecular complexity index is 1170. The minimum Gasteiger partial charge on any atom is -0.465 e. The molecule has 214 valence electrons. The van der Waals surface area contributed by atoms with Crippen LogP contribution in [0.25, 0.3) is 0 Å². The number of esters is 1. The highest BCUT2D eigenvalue weighted by molar-refractivity contribution is 5.94. The van der Waals surface area contributed by atoms with E-state index in [2.05, 4.69) is 16.0 Å². The Morgan fingerprint density at radius 2 is 1.57 bits per heavy atom. The SMILES string of the molecule is CCOC(=O)CNC(=O)[C@@H]1C(F)CCN1C(=O)[C@H](Cc1ccccc1)NC(=O)CNC(=O)OCc1ccccc1. The molecule has 1 unspecified atom stereocenters. The largest absolute Gasteiger partial charge is 0.465 e. The molecule has 0 saturated carbocycles. The lowest BCUT2D eigenvalue weighted by Gasteiger charge is -2.29. The standard InChI is InChI=1S/C28H33FN4O7/c1-2-39-24(35)17-30-26(36)25-21(29)13-14-33(25)27(37)22(15-19-9-5-3-6-10-19)32-23(34)16-31-28(38)40-18-20-11-7-4-8-12-20/h3-12,21-22,25H,2,13-18H2,1H3,(H,30,36)(H,31,38)(H,32,34)/t21?,22-,25-/m0/s1. The van der Waals surface area contributed by atoms with Crippen molar-refractivity contribution in [1.82, 2.24) is 20.9 Å². The average molecular weight is 557 g/mol. The Labute approximate surface area is 231 Å². The number of alkyl carbamates (subject to hydrolysis) is 1. The van der Waals surface area contributed by atoms with Crippen LogP contribution in [-0.4, -0.2) is 79.2 Å². The zero-order valence-electron chi connectivity index (χ0n) is 22.1. The number of halogens is 1. The molecule has 0 radical (unpaired) electrons. The highest BCUT2D eigenvalue weighted by Gasteiger charge is 2.44. The third kappa shape index (κ3) is 9.07. The molecule has 11 nitrogen and oxygen atoms in total. The van der Waals surface area contributed by atoms with Gasteiger partial charge in [-0.3, -0.25) is 19.2 Å². The number of rotatable bonds is 12. The van der Waals surface area contributed by atoms with Gasteiger partial charge in [-0.15, -0.1) is 0 Å². The molecule has 2 aromatic rings. The summed E-state index contributed by atoms with van der Waals surface area (Å²) in [5.41, 5.74) is 1.49. The normalized spacial score (nSPS) is 16.9. The van der Waals surface area contributed by atoms with Gasteiger partial charge in [-0.1, -0.05) is 60.7 Å². The molecule has 0 aliphatic carbocycles. The van der Waals surface area contributed by atoms with Gasteiger partial charge in [0.15, 0.2) is 0 Å². The topological polar surface area (TPSA) is 143 Å². The second-order valence-electron chi connectivity index (χ2n) is 9.03. The number of hydrogen-bond acceptors (Lipinski definition) is 7. The summed E-state index contributed by atoms with van der Waals surface area (Å²) in [5.74, 6) is -2.87. The molecule has 1 fully saturated rings. The van der Waals surface area contributed by atoms with Gasteiger partial charge in [-0.05, 0) is 24.5 Å². The summed E-state index contributed by atoms with van der Waals surface area (Å²) < 4.78 is 24.6. The van der Waals surface area contributed by atoms with Crippen LogP contribution < -0.4 is 16.0 Å². The van der Waals surface area contributed by atoms with Crippen LogP contribution in [0.15, 0.2) is 60.7 Å². The molecule has 1 aliphatic heterocycles. The zero-order valence-corrected chi connectivity index (χ0v) is 22.1. The molecule has 4 amide bonds. The van der Waals surface area contributed by atoms with E-state index < -0.39 is 61.1 Å². The molecule has 2 aromatic carbocycles. The van der Waals surface area contributed by atoms with Crippen molar-refractivity contribution in [3.8, 4) is 0 Å². The molecule has 3 rings (SSSR count). The van der Waals surface area contributed by atoms with E-state index in [0.29, 0.717) is 0 Å². The van der Waals surface area contributed by atoms with E-state index in [-0.39, 0.29) is 32.6 Å². The van der Waals surface area contributed by atoms with Gasteiger partial charge in [0, 0.05) is 13.0 Å². The highest BCUT2D eigenvalue weighted by Crippen LogP contribution is 2.23. The van der Waals surface area contributed by atoms with E-state index in [1.54, 1.807) is 61.5 Å². The number of carbonyl (C=O) groups is 5. The molecule has 0 spiro atoms. The number of ether oxygens (including phenoxy) is 2. The van der Waals surface area contributed by atoms with Gasteiger partial charge in [-0.2, -0.15) is 0 Å². The van der Waals surface area contributed by atoms with Crippen LogP contribution in [0.1, 0.15) is 24.5 Å². The maximum absolute atomic E-state index is 14.8. The van der Waals surface area contributed by atoms with Gasteiger partial charge in [0.1, 0.15) is 38.0 Å². The molecule has 3 N–H and O–H groups in total. The smallest absolute Gasteiger partial charge is 0.407 e. The fourth-order valence-electron chi connectivity index (χ4n) is 4.21. The number of carbonyl (C=O) groups excluding carboxylic acids is 5. The lowest BCUT2D eigenvalue weighted by molar-refractivity contribution is -0.145. The van der Waals surface area contributed by atoms with E-state index in [0.717, 1.165) is 16.0 Å². The molecule has 0 aromatic heterocycles. The number of likely N-dealkylation sites (tertiary alicyclic amines) is 1. The summed E-state index contributed by atoms with van der Waals surface area (Å²) in [6.45, 7) is 0.759. The molecule has 1 aliphatic rings. The quantitative estimate of drug-likeness (QED) is 0.334. The van der Waals surface area contributed by atoms with E-state index in [1.165, 1.54) is 0 Å². The summed E-state index contributed by atoms with van der Waals surface area (Å²) in [4.78, 5) is 63.7. The second-order valence-corrected chi connectivity index (χ2v) is 9.03. The van der Waals surface area contributed by atoms with E-state index in [1.807, 2.05) is 6.07 Å². The van der Waals surface area contributed by atoms with Gasteiger partial charge in [0.05, 0.1) is 6.61 Å². The van der Waals surface area contributed by atoms with Crippen LogP contribution in [0.4, 0.5) is 9.18 Å². The molecule has 40 heavy (non-hydrogen) atoms. The van der Waals surface area contributed by atoms with Crippen molar-refractivity contribution in [3.63, 3.8) is 0 Å². The molecule has 1 heterocycles. The van der Waals surface area contributed by atoms with Crippen LogP contribution in [0.3, 0.4) is 0 Å². The molecule has 1 saturated heterocycles. The fourth-order valence-corrected chi connectivity index (χ4v) is 4.21. The predicted octanol–water partition coefficient (Wildman–Crippen LogP) is 1.26. The summed E-state index contributed by atoms with van der Waals surface area (Å²) in [6.07, 6.45) is -2.48. The fraction of sp³-hybridized carbons (Fsp3) is 0.393. The summed E-state index contributed by atoms with van der Waals surface area (Å²) in [7, 11) is 0. The van der Waals surface area contributed by atoms with Crippen molar-refractivity contribution in [1.29, 1.82) is 0 Å². The molecule has 3 atom stereocenters. The predicted molar refractivity (Wildman–Crippen MR) is 141 cm³/mol. The zero-order chi connectivity index (χ0) is 28.9. The maximum atomic E-state index is 14.8. The summed E-state index contributed by atoms with van der Waals surface area (Å²) in [5, 5.41) is 7.23. The first-order chi connectivity index (χ1) is 19.3. The second kappa shape index (κ2) is 15.2. The molecular weight excluding hydrogens is 523 g/mol. The first-order valence-electron chi connectivity index (χ1n) is 12.9. The third-order valence-corrected chi connectivity index (χ3v) is 6.11. The van der Waals surface area contributed by atoms with Crippen LogP contribution >= 0.6 is 0 Å². The van der Waals surface area contributed by atoms with Crippen molar-refractivity contribution in [2.45, 2.75) is 44.6 Å². The average Bonchev–Trinajstić information content (AvgIpc) is 3.35. The first-order valence-corrected chi connectivity index (χ1v) is 12.9. The Kier molecular flexibility index (Phi) is 11.4. The maximum Gasteiger partial charge on any atom is 0.407 e. The van der Waals surface area contributed by atoms with Crippen LogP contribution in [0.2, 0.25) is 0 Å². The first kappa shape index (κ1) is 30.1. The monoisotopic (exact) mass is 556 g/mol.